The fraction of sp³-hybridized carbons (Fsp3) is 0.200. The summed E-state index contributed by atoms with van der Waals surface area (Å²) in [4.78, 5) is 26.5. The van der Waals surface area contributed by atoms with Gasteiger partial charge in [0.2, 0.25) is 0 Å². The molecule has 1 N–H and O–H groups in total. The number of rotatable bonds is 4. The van der Waals surface area contributed by atoms with Gasteiger partial charge in [0.1, 0.15) is 6.61 Å². The molecule has 2 aromatic carbocycles. The van der Waals surface area contributed by atoms with Gasteiger partial charge in [0.15, 0.2) is 0 Å². The van der Waals surface area contributed by atoms with Gasteiger partial charge in [0, 0.05) is 12.7 Å². The molecule has 1 aliphatic rings. The standard InChI is InChI=1S/C20H18Cl2N2O3/c1-12-16(19(25)27-11-13-7-4-3-5-8-13)18(23-20(26)24(12)2)14-9-6-10-15(21)17(14)22/h3-10,18H,11H2,1-2H3,(H,23,26)/t18-/m1/s1. The van der Waals surface area contributed by atoms with Crippen LogP contribution in [0.2, 0.25) is 10.0 Å². The van der Waals surface area contributed by atoms with E-state index < -0.39 is 12.0 Å². The zero-order chi connectivity index (χ0) is 19.6. The van der Waals surface area contributed by atoms with E-state index in [9.17, 15) is 9.59 Å². The lowest BCUT2D eigenvalue weighted by atomic mass is 9.95. The second kappa shape index (κ2) is 8.03. The van der Waals surface area contributed by atoms with E-state index in [1.54, 1.807) is 32.2 Å². The maximum atomic E-state index is 12.9. The van der Waals surface area contributed by atoms with E-state index in [0.29, 0.717) is 21.9 Å². The van der Waals surface area contributed by atoms with Gasteiger partial charge in [-0.25, -0.2) is 9.59 Å². The number of hydrogen-bond acceptors (Lipinski definition) is 3. The van der Waals surface area contributed by atoms with Crippen molar-refractivity contribution in [2.45, 2.75) is 19.6 Å². The molecule has 3 rings (SSSR count). The lowest BCUT2D eigenvalue weighted by Gasteiger charge is -2.33. The predicted molar refractivity (Wildman–Crippen MR) is 104 cm³/mol. The van der Waals surface area contributed by atoms with E-state index in [1.165, 1.54) is 4.90 Å². The highest BCUT2D eigenvalue weighted by molar-refractivity contribution is 6.42. The van der Waals surface area contributed by atoms with Crippen LogP contribution in [0.25, 0.3) is 0 Å². The molecule has 0 bridgehead atoms. The first-order valence-corrected chi connectivity index (χ1v) is 9.05. The summed E-state index contributed by atoms with van der Waals surface area (Å²) in [5, 5.41) is 3.43. The first-order chi connectivity index (χ1) is 12.9. The molecule has 0 spiro atoms. The number of ether oxygens (including phenoxy) is 1. The van der Waals surface area contributed by atoms with Crippen LogP contribution >= 0.6 is 23.2 Å². The molecular formula is C20H18Cl2N2O3. The normalized spacial score (nSPS) is 17.0. The van der Waals surface area contributed by atoms with E-state index >= 15 is 0 Å². The van der Waals surface area contributed by atoms with Crippen LogP contribution in [0.4, 0.5) is 4.79 Å². The van der Waals surface area contributed by atoms with Crippen LogP contribution in [-0.2, 0) is 16.1 Å². The number of halogens is 2. The fourth-order valence-electron chi connectivity index (χ4n) is 2.88. The number of amides is 2. The Morgan fingerprint density at radius 1 is 1.15 bits per heavy atom. The Balaban J connectivity index is 1.95. The maximum Gasteiger partial charge on any atom is 0.338 e. The minimum absolute atomic E-state index is 0.129. The van der Waals surface area contributed by atoms with Crippen LogP contribution in [0.15, 0.2) is 59.8 Å². The molecule has 1 heterocycles. The van der Waals surface area contributed by atoms with Crippen molar-refractivity contribution >= 4 is 35.2 Å². The van der Waals surface area contributed by atoms with Gasteiger partial charge in [-0.2, -0.15) is 0 Å². The molecule has 27 heavy (non-hydrogen) atoms. The molecule has 1 atom stereocenters. The highest BCUT2D eigenvalue weighted by Gasteiger charge is 2.36. The molecule has 1 aliphatic heterocycles. The summed E-state index contributed by atoms with van der Waals surface area (Å²) in [5.74, 6) is -0.524. The van der Waals surface area contributed by atoms with Crippen LogP contribution in [0.5, 0.6) is 0 Å². The molecule has 2 aromatic rings. The number of nitrogens with one attached hydrogen (secondary N) is 1. The number of urea groups is 1. The third-order valence-electron chi connectivity index (χ3n) is 4.48. The van der Waals surface area contributed by atoms with Gasteiger partial charge in [0.05, 0.1) is 21.7 Å². The lowest BCUT2D eigenvalue weighted by molar-refractivity contribution is -0.141. The molecule has 0 aromatic heterocycles. The van der Waals surface area contributed by atoms with E-state index in [2.05, 4.69) is 5.32 Å². The van der Waals surface area contributed by atoms with Gasteiger partial charge < -0.3 is 15.0 Å². The van der Waals surface area contributed by atoms with E-state index in [1.807, 2.05) is 30.3 Å². The molecule has 0 saturated carbocycles. The van der Waals surface area contributed by atoms with E-state index in [4.69, 9.17) is 27.9 Å². The van der Waals surface area contributed by atoms with Crippen molar-refractivity contribution < 1.29 is 14.3 Å². The Morgan fingerprint density at radius 2 is 1.85 bits per heavy atom. The topological polar surface area (TPSA) is 58.6 Å². The Kier molecular flexibility index (Phi) is 5.73. The zero-order valence-electron chi connectivity index (χ0n) is 14.8. The fourth-order valence-corrected chi connectivity index (χ4v) is 3.29. The minimum Gasteiger partial charge on any atom is -0.457 e. The predicted octanol–water partition coefficient (Wildman–Crippen LogP) is 4.71. The number of hydrogen-bond donors (Lipinski definition) is 1. The Bertz CT molecular complexity index is 913. The van der Waals surface area contributed by atoms with Gasteiger partial charge in [-0.15, -0.1) is 0 Å². The number of benzene rings is 2. The SMILES string of the molecule is CC1=C(C(=O)OCc2ccccc2)[C@@H](c2cccc(Cl)c2Cl)NC(=O)N1C. The second-order valence-electron chi connectivity index (χ2n) is 6.15. The van der Waals surface area contributed by atoms with Crippen molar-refractivity contribution in [3.63, 3.8) is 0 Å². The van der Waals surface area contributed by atoms with Crippen LogP contribution in [0.3, 0.4) is 0 Å². The summed E-state index contributed by atoms with van der Waals surface area (Å²) in [5.41, 5.74) is 2.22. The summed E-state index contributed by atoms with van der Waals surface area (Å²) in [6.07, 6.45) is 0. The van der Waals surface area contributed by atoms with Crippen molar-refractivity contribution in [3.05, 3.63) is 81.0 Å². The van der Waals surface area contributed by atoms with Gasteiger partial charge in [0.25, 0.3) is 0 Å². The molecule has 5 nitrogen and oxygen atoms in total. The van der Waals surface area contributed by atoms with Crippen molar-refractivity contribution in [3.8, 4) is 0 Å². The minimum atomic E-state index is -0.747. The molecule has 2 amide bonds. The number of allylic oxidation sites excluding steroid dienone is 1. The van der Waals surface area contributed by atoms with Gasteiger partial charge in [-0.1, -0.05) is 65.7 Å². The highest BCUT2D eigenvalue weighted by Crippen LogP contribution is 2.37. The van der Waals surface area contributed by atoms with Crippen molar-refractivity contribution in [1.82, 2.24) is 10.2 Å². The third kappa shape index (κ3) is 3.94. The number of carbonyl (C=O) groups is 2. The highest BCUT2D eigenvalue weighted by atomic mass is 35.5. The molecule has 7 heteroatoms. The van der Waals surface area contributed by atoms with Crippen LogP contribution in [0, 0.1) is 0 Å². The maximum absolute atomic E-state index is 12.9. The van der Waals surface area contributed by atoms with Crippen LogP contribution < -0.4 is 5.32 Å². The van der Waals surface area contributed by atoms with Gasteiger partial charge >= 0.3 is 12.0 Å². The quantitative estimate of drug-likeness (QED) is 0.750. The van der Waals surface area contributed by atoms with Crippen LogP contribution in [0.1, 0.15) is 24.1 Å². The average Bonchev–Trinajstić information content (AvgIpc) is 2.67. The second-order valence-corrected chi connectivity index (χ2v) is 6.93. The summed E-state index contributed by atoms with van der Waals surface area (Å²) in [6.45, 7) is 1.83. The smallest absolute Gasteiger partial charge is 0.338 e. The van der Waals surface area contributed by atoms with Crippen molar-refractivity contribution in [2.75, 3.05) is 7.05 Å². The Labute approximate surface area is 167 Å². The molecule has 140 valence electrons. The van der Waals surface area contributed by atoms with E-state index in [-0.39, 0.29) is 17.7 Å². The number of carbonyl (C=O) groups excluding carboxylic acids is 2. The lowest BCUT2D eigenvalue weighted by Crippen LogP contribution is -2.46. The van der Waals surface area contributed by atoms with Crippen LogP contribution in [-0.4, -0.2) is 23.9 Å². The Morgan fingerprint density at radius 3 is 2.56 bits per heavy atom. The first kappa shape index (κ1) is 19.3. The first-order valence-electron chi connectivity index (χ1n) is 8.30. The van der Waals surface area contributed by atoms with Crippen molar-refractivity contribution in [1.29, 1.82) is 0 Å². The molecule has 0 radical (unpaired) electrons. The molecule has 0 unspecified atom stereocenters. The molecule has 0 saturated heterocycles. The summed E-state index contributed by atoms with van der Waals surface area (Å²) in [6, 6.07) is 13.4. The largest absolute Gasteiger partial charge is 0.457 e. The summed E-state index contributed by atoms with van der Waals surface area (Å²) < 4.78 is 5.49. The van der Waals surface area contributed by atoms with Gasteiger partial charge in [-0.05, 0) is 24.1 Å². The zero-order valence-corrected chi connectivity index (χ0v) is 16.3. The average molecular weight is 405 g/mol. The summed E-state index contributed by atoms with van der Waals surface area (Å²) >= 11 is 12.4. The number of nitrogens with zero attached hydrogens (tertiary/aromatic N) is 1. The monoisotopic (exact) mass is 404 g/mol. The van der Waals surface area contributed by atoms with Gasteiger partial charge in [-0.3, -0.25) is 0 Å². The number of esters is 1. The third-order valence-corrected chi connectivity index (χ3v) is 5.31. The molecular weight excluding hydrogens is 387 g/mol. The Hall–Kier alpha value is -2.50. The molecule has 0 aliphatic carbocycles. The summed E-state index contributed by atoms with van der Waals surface area (Å²) in [7, 11) is 1.59. The van der Waals surface area contributed by atoms with Crippen molar-refractivity contribution in [2.24, 2.45) is 0 Å². The van der Waals surface area contributed by atoms with E-state index in [0.717, 1.165) is 5.56 Å². The molecule has 0 fully saturated rings.